The van der Waals surface area contributed by atoms with E-state index in [0.717, 1.165) is 0 Å². The molecule has 2 rings (SSSR count). The predicted octanol–water partition coefficient (Wildman–Crippen LogP) is 0.146. The van der Waals surface area contributed by atoms with Gasteiger partial charge in [-0.25, -0.2) is 4.79 Å². The molecular formula is C14H14N2O7S. The normalized spacial score (nSPS) is 18.8. The van der Waals surface area contributed by atoms with Crippen LogP contribution in [0.1, 0.15) is 18.9 Å². The second-order valence-corrected chi connectivity index (χ2v) is 6.67. The van der Waals surface area contributed by atoms with E-state index in [9.17, 15) is 22.8 Å². The molecule has 3 N–H and O–H groups in total. The van der Waals surface area contributed by atoms with Gasteiger partial charge in [-0.2, -0.15) is 8.42 Å². The number of nitrogens with zero attached hydrogens (tertiary/aromatic N) is 1. The molecule has 0 aromatic heterocycles. The van der Waals surface area contributed by atoms with Crippen molar-refractivity contribution < 1.29 is 32.2 Å². The fraction of sp³-hybridized carbons (Fsp3) is 0.214. The summed E-state index contributed by atoms with van der Waals surface area (Å²) in [7, 11) is -4.76. The fourth-order valence-corrected chi connectivity index (χ4v) is 2.70. The van der Waals surface area contributed by atoms with Crippen molar-refractivity contribution in [2.45, 2.75) is 18.6 Å². The summed E-state index contributed by atoms with van der Waals surface area (Å²) < 4.78 is 30.9. The number of rotatable bonds is 4. The summed E-state index contributed by atoms with van der Waals surface area (Å²) in [4.78, 5) is 40.0. The zero-order valence-corrected chi connectivity index (χ0v) is 13.3. The summed E-state index contributed by atoms with van der Waals surface area (Å²) in [5.74, 6) is -3.39. The van der Waals surface area contributed by atoms with E-state index in [-0.39, 0.29) is 10.6 Å². The SMILES string of the molecule is C/C(=C\c1ccccc1N)C(=O)ON1C(=O)CC(S(=O)(=O)O)C1=O. The molecule has 10 heteroatoms. The summed E-state index contributed by atoms with van der Waals surface area (Å²) in [5, 5.41) is -1.92. The zero-order chi connectivity index (χ0) is 18.1. The smallest absolute Gasteiger partial charge is 0.359 e. The van der Waals surface area contributed by atoms with Gasteiger partial charge < -0.3 is 10.6 Å². The second kappa shape index (κ2) is 6.42. The lowest BCUT2D eigenvalue weighted by Gasteiger charge is -2.13. The van der Waals surface area contributed by atoms with Crippen molar-refractivity contribution in [2.75, 3.05) is 5.73 Å². The number of carbonyl (C=O) groups is 3. The van der Waals surface area contributed by atoms with E-state index in [2.05, 4.69) is 4.84 Å². The highest BCUT2D eigenvalue weighted by Crippen LogP contribution is 2.21. The molecule has 0 spiro atoms. The van der Waals surface area contributed by atoms with E-state index in [4.69, 9.17) is 10.3 Å². The molecule has 24 heavy (non-hydrogen) atoms. The monoisotopic (exact) mass is 354 g/mol. The highest BCUT2D eigenvalue weighted by Gasteiger charge is 2.48. The molecule has 0 bridgehead atoms. The summed E-state index contributed by atoms with van der Waals surface area (Å²) in [6, 6.07) is 6.67. The largest absolute Gasteiger partial charge is 0.398 e. The third kappa shape index (κ3) is 3.60. The van der Waals surface area contributed by atoms with Crippen LogP contribution in [0.3, 0.4) is 0 Å². The quantitative estimate of drug-likeness (QED) is 0.336. The fourth-order valence-electron chi connectivity index (χ4n) is 2.00. The number of anilines is 1. The lowest BCUT2D eigenvalue weighted by molar-refractivity contribution is -0.194. The summed E-state index contributed by atoms with van der Waals surface area (Å²) >= 11 is 0. The molecule has 1 atom stereocenters. The number of nitrogen functional groups attached to an aromatic ring is 1. The van der Waals surface area contributed by atoms with Crippen molar-refractivity contribution in [1.29, 1.82) is 0 Å². The van der Waals surface area contributed by atoms with E-state index < -0.39 is 39.6 Å². The Morgan fingerprint density at radius 2 is 2.00 bits per heavy atom. The zero-order valence-electron chi connectivity index (χ0n) is 12.5. The van der Waals surface area contributed by atoms with E-state index >= 15 is 0 Å². The van der Waals surface area contributed by atoms with E-state index in [0.29, 0.717) is 11.3 Å². The highest BCUT2D eigenvalue weighted by molar-refractivity contribution is 7.87. The molecular weight excluding hydrogens is 340 g/mol. The maximum absolute atomic E-state index is 12.0. The van der Waals surface area contributed by atoms with E-state index in [1.165, 1.54) is 13.0 Å². The van der Waals surface area contributed by atoms with Crippen LogP contribution in [0.15, 0.2) is 29.8 Å². The van der Waals surface area contributed by atoms with Crippen LogP contribution in [0, 0.1) is 0 Å². The van der Waals surface area contributed by atoms with Gasteiger partial charge >= 0.3 is 5.97 Å². The standard InChI is InChI=1S/C14H14N2O7S/c1-8(6-9-4-2-3-5-10(9)15)14(19)23-16-12(17)7-11(13(16)18)24(20,21)22/h2-6,11H,7,15H2,1H3,(H,20,21,22)/b8-6+. The number of hydroxylamine groups is 2. The molecule has 9 nitrogen and oxygen atoms in total. The summed E-state index contributed by atoms with van der Waals surface area (Å²) in [6.45, 7) is 1.38. The molecule has 0 radical (unpaired) electrons. The molecule has 0 saturated carbocycles. The maximum atomic E-state index is 12.0. The molecule has 1 unspecified atom stereocenters. The average Bonchev–Trinajstić information content (AvgIpc) is 2.77. The Morgan fingerprint density at radius 3 is 2.54 bits per heavy atom. The molecule has 0 aliphatic carbocycles. The van der Waals surface area contributed by atoms with Gasteiger partial charge in [-0.15, -0.1) is 5.06 Å². The van der Waals surface area contributed by atoms with Crippen LogP contribution in [0.25, 0.3) is 6.08 Å². The number of nitrogens with two attached hydrogens (primary N) is 1. The van der Waals surface area contributed by atoms with Gasteiger partial charge in [-0.05, 0) is 24.6 Å². The average molecular weight is 354 g/mol. The predicted molar refractivity (Wildman–Crippen MR) is 82.4 cm³/mol. The van der Waals surface area contributed by atoms with Crippen LogP contribution >= 0.6 is 0 Å². The topological polar surface area (TPSA) is 144 Å². The first-order chi connectivity index (χ1) is 11.1. The van der Waals surface area contributed by atoms with Crippen LogP contribution in [-0.4, -0.2) is 41.1 Å². The number of para-hydroxylation sites is 1. The minimum atomic E-state index is -4.76. The minimum absolute atomic E-state index is 0.0313. The third-order valence-corrected chi connectivity index (χ3v) is 4.37. The Bertz CT molecular complexity index is 844. The van der Waals surface area contributed by atoms with Crippen molar-refractivity contribution in [3.63, 3.8) is 0 Å². The molecule has 1 aliphatic rings. The summed E-state index contributed by atoms with van der Waals surface area (Å²) in [6.07, 6.45) is 0.600. The number of hydrogen-bond donors (Lipinski definition) is 2. The Morgan fingerprint density at radius 1 is 1.38 bits per heavy atom. The van der Waals surface area contributed by atoms with Gasteiger partial charge in [0, 0.05) is 11.3 Å². The Balaban J connectivity index is 2.16. The molecule has 1 aromatic rings. The van der Waals surface area contributed by atoms with Crippen molar-refractivity contribution in [3.8, 4) is 0 Å². The number of imide groups is 1. The van der Waals surface area contributed by atoms with Gasteiger partial charge in [-0.1, -0.05) is 18.2 Å². The second-order valence-electron chi connectivity index (χ2n) is 5.07. The van der Waals surface area contributed by atoms with Crippen LogP contribution < -0.4 is 5.73 Å². The molecule has 128 valence electrons. The molecule has 1 fully saturated rings. The van der Waals surface area contributed by atoms with Crippen molar-refractivity contribution in [2.24, 2.45) is 0 Å². The van der Waals surface area contributed by atoms with Gasteiger partial charge in [0.15, 0.2) is 5.25 Å². The molecule has 2 amide bonds. The summed E-state index contributed by atoms with van der Waals surface area (Å²) in [5.41, 5.74) is 6.70. The lowest BCUT2D eigenvalue weighted by atomic mass is 10.1. The first-order valence-corrected chi connectivity index (χ1v) is 8.19. The van der Waals surface area contributed by atoms with Gasteiger partial charge in [-0.3, -0.25) is 14.1 Å². The van der Waals surface area contributed by atoms with Gasteiger partial charge in [0.1, 0.15) is 0 Å². The van der Waals surface area contributed by atoms with Crippen LogP contribution in [0.2, 0.25) is 0 Å². The molecule has 1 heterocycles. The molecule has 1 aromatic carbocycles. The van der Waals surface area contributed by atoms with Crippen molar-refractivity contribution in [1.82, 2.24) is 5.06 Å². The van der Waals surface area contributed by atoms with Crippen LogP contribution in [-0.2, 0) is 29.3 Å². The minimum Gasteiger partial charge on any atom is -0.398 e. The van der Waals surface area contributed by atoms with Crippen molar-refractivity contribution >= 4 is 39.7 Å². The van der Waals surface area contributed by atoms with E-state index in [1.807, 2.05) is 0 Å². The molecule has 1 saturated heterocycles. The van der Waals surface area contributed by atoms with E-state index in [1.54, 1.807) is 24.3 Å². The number of amides is 2. The van der Waals surface area contributed by atoms with Gasteiger partial charge in [0.25, 0.3) is 21.9 Å². The lowest BCUT2D eigenvalue weighted by Crippen LogP contribution is -2.36. The van der Waals surface area contributed by atoms with Gasteiger partial charge in [0.2, 0.25) is 0 Å². The number of benzene rings is 1. The van der Waals surface area contributed by atoms with Crippen LogP contribution in [0.4, 0.5) is 5.69 Å². The Kier molecular flexibility index (Phi) is 4.71. The Labute approximate surface area is 137 Å². The third-order valence-electron chi connectivity index (χ3n) is 3.29. The van der Waals surface area contributed by atoms with Gasteiger partial charge in [0.05, 0.1) is 6.42 Å². The molecule has 1 aliphatic heterocycles. The van der Waals surface area contributed by atoms with Crippen LogP contribution in [0.5, 0.6) is 0 Å². The van der Waals surface area contributed by atoms with Crippen molar-refractivity contribution in [3.05, 3.63) is 35.4 Å². The number of hydrogen-bond acceptors (Lipinski definition) is 7. The first-order valence-electron chi connectivity index (χ1n) is 6.69. The Hall–Kier alpha value is -2.72. The maximum Gasteiger partial charge on any atom is 0.359 e. The highest BCUT2D eigenvalue weighted by atomic mass is 32.2. The number of carbonyl (C=O) groups excluding carboxylic acids is 3. The first kappa shape index (κ1) is 17.6.